The highest BCUT2D eigenvalue weighted by molar-refractivity contribution is 7.16. The fourth-order valence-corrected chi connectivity index (χ4v) is 2.78. The van der Waals surface area contributed by atoms with Gasteiger partial charge in [-0.05, 0) is 35.6 Å². The first-order valence-corrected chi connectivity index (χ1v) is 7.17. The van der Waals surface area contributed by atoms with Gasteiger partial charge in [0.15, 0.2) is 0 Å². The van der Waals surface area contributed by atoms with Gasteiger partial charge in [-0.15, -0.1) is 11.3 Å². The van der Waals surface area contributed by atoms with E-state index >= 15 is 0 Å². The molecule has 2 aromatic heterocycles. The number of benzene rings is 1. The molecular formula is C14H12ClN3S. The van der Waals surface area contributed by atoms with Crippen molar-refractivity contribution in [2.45, 2.75) is 13.5 Å². The van der Waals surface area contributed by atoms with Crippen LogP contribution in [0.5, 0.6) is 0 Å². The smallest absolute Gasteiger partial charge is 0.138 e. The lowest BCUT2D eigenvalue weighted by molar-refractivity contribution is 1.10. The molecule has 0 saturated heterocycles. The molecule has 0 amide bonds. The van der Waals surface area contributed by atoms with Crippen molar-refractivity contribution >= 4 is 39.0 Å². The van der Waals surface area contributed by atoms with Crippen LogP contribution >= 0.6 is 22.9 Å². The van der Waals surface area contributed by atoms with Crippen LogP contribution in [0.3, 0.4) is 0 Å². The summed E-state index contributed by atoms with van der Waals surface area (Å²) in [4.78, 5) is 9.53. The quantitative estimate of drug-likeness (QED) is 0.782. The molecule has 0 aliphatic rings. The number of hydrogen-bond acceptors (Lipinski definition) is 4. The van der Waals surface area contributed by atoms with Crippen molar-refractivity contribution in [1.82, 2.24) is 9.97 Å². The number of nitrogens with one attached hydrogen (secondary N) is 1. The van der Waals surface area contributed by atoms with Crippen molar-refractivity contribution in [3.05, 3.63) is 52.1 Å². The summed E-state index contributed by atoms with van der Waals surface area (Å²) in [7, 11) is 0. The van der Waals surface area contributed by atoms with Gasteiger partial charge in [0.05, 0.1) is 5.39 Å². The number of halogens is 1. The van der Waals surface area contributed by atoms with Crippen LogP contribution in [0, 0.1) is 6.92 Å². The third-order valence-corrected chi connectivity index (χ3v) is 4.19. The molecule has 1 N–H and O–H groups in total. The van der Waals surface area contributed by atoms with Crippen LogP contribution in [0.1, 0.15) is 11.1 Å². The fourth-order valence-electron chi connectivity index (χ4n) is 1.93. The highest BCUT2D eigenvalue weighted by Crippen LogP contribution is 2.24. The summed E-state index contributed by atoms with van der Waals surface area (Å²) in [6.07, 6.45) is 1.59. The predicted octanol–water partition coefficient (Wildman–Crippen LogP) is 4.27. The summed E-state index contributed by atoms with van der Waals surface area (Å²) < 4.78 is 0. The highest BCUT2D eigenvalue weighted by Gasteiger charge is 2.04. The van der Waals surface area contributed by atoms with E-state index in [0.29, 0.717) is 0 Å². The van der Waals surface area contributed by atoms with Gasteiger partial charge in [0.2, 0.25) is 0 Å². The lowest BCUT2D eigenvalue weighted by Crippen LogP contribution is -2.02. The summed E-state index contributed by atoms with van der Waals surface area (Å²) in [5, 5.41) is 7.24. The molecule has 0 bridgehead atoms. The second-order valence-electron chi connectivity index (χ2n) is 4.30. The Hall–Kier alpha value is -1.65. The molecule has 0 aliphatic carbocycles. The molecule has 0 spiro atoms. The van der Waals surface area contributed by atoms with E-state index < -0.39 is 0 Å². The van der Waals surface area contributed by atoms with Gasteiger partial charge in [-0.3, -0.25) is 0 Å². The van der Waals surface area contributed by atoms with Crippen LogP contribution in [-0.4, -0.2) is 9.97 Å². The van der Waals surface area contributed by atoms with Crippen LogP contribution in [0.2, 0.25) is 5.02 Å². The zero-order valence-corrected chi connectivity index (χ0v) is 11.9. The zero-order valence-electron chi connectivity index (χ0n) is 10.4. The van der Waals surface area contributed by atoms with Gasteiger partial charge in [0.1, 0.15) is 17.0 Å². The van der Waals surface area contributed by atoms with Crippen LogP contribution in [0.25, 0.3) is 10.2 Å². The molecule has 5 heteroatoms. The average Bonchev–Trinajstić information content (AvgIpc) is 2.89. The number of rotatable bonds is 3. The van der Waals surface area contributed by atoms with Crippen molar-refractivity contribution in [2.24, 2.45) is 0 Å². The van der Waals surface area contributed by atoms with E-state index in [4.69, 9.17) is 11.6 Å². The molecule has 19 heavy (non-hydrogen) atoms. The van der Waals surface area contributed by atoms with E-state index in [0.717, 1.165) is 33.2 Å². The topological polar surface area (TPSA) is 37.8 Å². The molecule has 3 nitrogen and oxygen atoms in total. The Morgan fingerprint density at radius 3 is 3.00 bits per heavy atom. The number of thiophene rings is 1. The molecule has 0 unspecified atom stereocenters. The Bertz CT molecular complexity index is 724. The SMILES string of the molecule is Cc1cc(CNc2ncnc3sccc23)ccc1Cl. The number of fused-ring (bicyclic) bond motifs is 1. The van der Waals surface area contributed by atoms with Crippen molar-refractivity contribution < 1.29 is 0 Å². The van der Waals surface area contributed by atoms with Gasteiger partial charge >= 0.3 is 0 Å². The van der Waals surface area contributed by atoms with Crippen molar-refractivity contribution in [2.75, 3.05) is 5.32 Å². The molecule has 0 saturated carbocycles. The van der Waals surface area contributed by atoms with Crippen molar-refractivity contribution in [1.29, 1.82) is 0 Å². The Balaban J connectivity index is 1.82. The molecule has 0 atom stereocenters. The number of aryl methyl sites for hydroxylation is 1. The summed E-state index contributed by atoms with van der Waals surface area (Å²) in [5.41, 5.74) is 2.27. The van der Waals surface area contributed by atoms with E-state index in [-0.39, 0.29) is 0 Å². The molecule has 0 aliphatic heterocycles. The predicted molar refractivity (Wildman–Crippen MR) is 80.9 cm³/mol. The Labute approximate surface area is 120 Å². The highest BCUT2D eigenvalue weighted by atomic mass is 35.5. The molecular weight excluding hydrogens is 278 g/mol. The van der Waals surface area contributed by atoms with Crippen LogP contribution in [-0.2, 0) is 6.54 Å². The maximum Gasteiger partial charge on any atom is 0.138 e. The van der Waals surface area contributed by atoms with E-state index in [1.807, 2.05) is 30.5 Å². The number of aromatic nitrogens is 2. The van der Waals surface area contributed by atoms with Gasteiger partial charge in [-0.25, -0.2) is 9.97 Å². The summed E-state index contributed by atoms with van der Waals surface area (Å²) in [6, 6.07) is 8.07. The summed E-state index contributed by atoms with van der Waals surface area (Å²) >= 11 is 7.64. The fraction of sp³-hybridized carbons (Fsp3) is 0.143. The first kappa shape index (κ1) is 12.4. The first-order chi connectivity index (χ1) is 9.24. The van der Waals surface area contributed by atoms with Crippen LogP contribution in [0.4, 0.5) is 5.82 Å². The summed E-state index contributed by atoms with van der Waals surface area (Å²) in [6.45, 7) is 2.73. The lowest BCUT2D eigenvalue weighted by Gasteiger charge is -2.08. The van der Waals surface area contributed by atoms with Gasteiger partial charge in [0, 0.05) is 11.6 Å². The number of anilines is 1. The normalized spacial score (nSPS) is 10.8. The molecule has 1 aromatic carbocycles. The van der Waals surface area contributed by atoms with Crippen LogP contribution < -0.4 is 5.32 Å². The number of hydrogen-bond donors (Lipinski definition) is 1. The maximum absolute atomic E-state index is 6.02. The lowest BCUT2D eigenvalue weighted by atomic mass is 10.1. The van der Waals surface area contributed by atoms with Gasteiger partial charge in [-0.1, -0.05) is 23.7 Å². The molecule has 0 radical (unpaired) electrons. The van der Waals surface area contributed by atoms with Gasteiger partial charge in [0.25, 0.3) is 0 Å². The Morgan fingerprint density at radius 2 is 2.16 bits per heavy atom. The van der Waals surface area contributed by atoms with E-state index in [1.54, 1.807) is 17.7 Å². The largest absolute Gasteiger partial charge is 0.365 e. The third kappa shape index (κ3) is 2.55. The molecule has 96 valence electrons. The van der Waals surface area contributed by atoms with Crippen molar-refractivity contribution in [3.8, 4) is 0 Å². The maximum atomic E-state index is 6.02. The second-order valence-corrected chi connectivity index (χ2v) is 5.60. The van der Waals surface area contributed by atoms with E-state index in [2.05, 4.69) is 21.4 Å². The standard InChI is InChI=1S/C14H12ClN3S/c1-9-6-10(2-3-12(9)15)7-16-13-11-4-5-19-14(11)18-8-17-13/h2-6,8H,7H2,1H3,(H,16,17,18). The minimum Gasteiger partial charge on any atom is -0.365 e. The first-order valence-electron chi connectivity index (χ1n) is 5.91. The number of nitrogens with zero attached hydrogens (tertiary/aromatic N) is 2. The minimum atomic E-state index is 0.722. The van der Waals surface area contributed by atoms with Crippen molar-refractivity contribution in [3.63, 3.8) is 0 Å². The Morgan fingerprint density at radius 1 is 1.26 bits per heavy atom. The Kier molecular flexibility index (Phi) is 3.36. The molecule has 0 fully saturated rings. The van der Waals surface area contributed by atoms with Gasteiger partial charge < -0.3 is 5.32 Å². The molecule has 2 heterocycles. The van der Waals surface area contributed by atoms with Crippen LogP contribution in [0.15, 0.2) is 36.0 Å². The minimum absolute atomic E-state index is 0.722. The summed E-state index contributed by atoms with van der Waals surface area (Å²) in [5.74, 6) is 0.874. The monoisotopic (exact) mass is 289 g/mol. The third-order valence-electron chi connectivity index (χ3n) is 2.94. The van der Waals surface area contributed by atoms with E-state index in [9.17, 15) is 0 Å². The second kappa shape index (κ2) is 5.15. The van der Waals surface area contributed by atoms with E-state index in [1.165, 1.54) is 5.56 Å². The average molecular weight is 290 g/mol. The molecule has 3 aromatic rings. The zero-order chi connectivity index (χ0) is 13.2. The van der Waals surface area contributed by atoms with Gasteiger partial charge in [-0.2, -0.15) is 0 Å². The molecule has 3 rings (SSSR count).